The number of imide groups is 1. The Balaban J connectivity index is 1.25. The van der Waals surface area contributed by atoms with Gasteiger partial charge >= 0.3 is 12.2 Å². The van der Waals surface area contributed by atoms with Crippen LogP contribution in [0.15, 0.2) is 35.7 Å². The topological polar surface area (TPSA) is 96.5 Å². The summed E-state index contributed by atoms with van der Waals surface area (Å²) in [5.41, 5.74) is 1.63. The van der Waals surface area contributed by atoms with Gasteiger partial charge < -0.3 is 14.4 Å². The summed E-state index contributed by atoms with van der Waals surface area (Å²) in [6.45, 7) is 1.58. The van der Waals surface area contributed by atoms with Crippen molar-refractivity contribution in [3.63, 3.8) is 0 Å². The third-order valence-electron chi connectivity index (χ3n) is 5.26. The highest BCUT2D eigenvalue weighted by atomic mass is 32.1. The normalized spacial score (nSPS) is 20.8. The fourth-order valence-electron chi connectivity index (χ4n) is 3.78. The molecule has 2 aromatic rings. The Morgan fingerprint density at radius 1 is 1.03 bits per heavy atom. The van der Waals surface area contributed by atoms with E-state index < -0.39 is 12.2 Å². The van der Waals surface area contributed by atoms with Gasteiger partial charge in [0.15, 0.2) is 0 Å². The predicted molar refractivity (Wildman–Crippen MR) is 106 cm³/mol. The number of thiophene rings is 1. The second-order valence-corrected chi connectivity index (χ2v) is 8.10. The first-order valence-electron chi connectivity index (χ1n) is 9.44. The van der Waals surface area contributed by atoms with Crippen LogP contribution in [0.5, 0.6) is 0 Å². The fraction of sp³-hybridized carbons (Fsp3) is 0.300. The summed E-state index contributed by atoms with van der Waals surface area (Å²) in [5.74, 6) is -0.748. The molecule has 0 bridgehead atoms. The van der Waals surface area contributed by atoms with E-state index in [1.165, 1.54) is 16.2 Å². The molecule has 2 saturated heterocycles. The Kier molecular flexibility index (Phi) is 4.43. The van der Waals surface area contributed by atoms with Crippen LogP contribution in [0, 0.1) is 0 Å². The van der Waals surface area contributed by atoms with E-state index in [1.807, 2.05) is 11.4 Å². The van der Waals surface area contributed by atoms with E-state index >= 15 is 0 Å². The molecule has 0 spiro atoms. The average molecular weight is 427 g/mol. The van der Waals surface area contributed by atoms with Crippen molar-refractivity contribution < 1.29 is 28.7 Å². The van der Waals surface area contributed by atoms with E-state index in [2.05, 4.69) is 0 Å². The van der Waals surface area contributed by atoms with Gasteiger partial charge in [-0.1, -0.05) is 12.1 Å². The van der Waals surface area contributed by atoms with E-state index in [-0.39, 0.29) is 31.0 Å². The molecule has 5 rings (SSSR count). The van der Waals surface area contributed by atoms with E-state index in [1.54, 1.807) is 29.2 Å². The quantitative estimate of drug-likeness (QED) is 0.680. The van der Waals surface area contributed by atoms with Crippen molar-refractivity contribution >= 4 is 40.3 Å². The van der Waals surface area contributed by atoms with Crippen LogP contribution in [0.4, 0.5) is 14.6 Å². The minimum atomic E-state index is -0.612. The number of amides is 4. The van der Waals surface area contributed by atoms with Crippen molar-refractivity contribution in [3.05, 3.63) is 52.4 Å². The first kappa shape index (κ1) is 18.6. The summed E-state index contributed by atoms with van der Waals surface area (Å²) in [5, 5.41) is 2.57. The van der Waals surface area contributed by atoms with E-state index in [0.29, 0.717) is 35.8 Å². The number of fused-ring (bicyclic) bond motifs is 1. The van der Waals surface area contributed by atoms with Crippen molar-refractivity contribution in [1.82, 2.24) is 9.80 Å². The lowest BCUT2D eigenvalue weighted by atomic mass is 10.1. The fourth-order valence-corrected chi connectivity index (χ4v) is 4.69. The van der Waals surface area contributed by atoms with Crippen molar-refractivity contribution in [2.75, 3.05) is 31.1 Å². The first-order valence-corrected chi connectivity index (χ1v) is 10.3. The Morgan fingerprint density at radius 3 is 2.43 bits per heavy atom. The van der Waals surface area contributed by atoms with Gasteiger partial charge in [0.05, 0.1) is 37.3 Å². The number of rotatable bonds is 5. The molecule has 0 aliphatic carbocycles. The monoisotopic (exact) mass is 427 g/mol. The maximum absolute atomic E-state index is 12.5. The Labute approximate surface area is 175 Å². The molecule has 10 heteroatoms. The molecule has 0 radical (unpaired) electrons. The number of hydrogen-bond donors (Lipinski definition) is 0. The Bertz CT molecular complexity index is 1030. The number of anilines is 1. The zero-order chi connectivity index (χ0) is 20.8. The minimum Gasteiger partial charge on any atom is -0.448 e. The largest absolute Gasteiger partial charge is 0.448 e. The van der Waals surface area contributed by atoms with Crippen LogP contribution in [-0.2, 0) is 16.0 Å². The van der Waals surface area contributed by atoms with Gasteiger partial charge in [0, 0.05) is 0 Å². The summed E-state index contributed by atoms with van der Waals surface area (Å²) in [6.07, 6.45) is -1.48. The summed E-state index contributed by atoms with van der Waals surface area (Å²) >= 11 is 1.37. The van der Waals surface area contributed by atoms with E-state index in [9.17, 15) is 19.2 Å². The maximum Gasteiger partial charge on any atom is 0.415 e. The summed E-state index contributed by atoms with van der Waals surface area (Å²) in [7, 11) is 0. The van der Waals surface area contributed by atoms with Gasteiger partial charge in [0.2, 0.25) is 0 Å². The summed E-state index contributed by atoms with van der Waals surface area (Å²) in [6, 6.07) is 8.49. The Morgan fingerprint density at radius 2 is 1.77 bits per heavy atom. The molecular formula is C20H17N3O6S. The molecule has 4 amide bonds. The molecule has 3 aliphatic heterocycles. The molecule has 154 valence electrons. The number of carbonyl (C=O) groups is 4. The second kappa shape index (κ2) is 7.13. The van der Waals surface area contributed by atoms with Gasteiger partial charge in [-0.3, -0.25) is 19.4 Å². The van der Waals surface area contributed by atoms with Crippen LogP contribution >= 0.6 is 11.3 Å². The van der Waals surface area contributed by atoms with Gasteiger partial charge in [0.25, 0.3) is 11.8 Å². The molecule has 0 N–H and O–H groups in total. The molecule has 3 aliphatic rings. The highest BCUT2D eigenvalue weighted by Crippen LogP contribution is 2.31. The molecule has 0 unspecified atom stereocenters. The van der Waals surface area contributed by atoms with Gasteiger partial charge in [0.1, 0.15) is 17.7 Å². The number of benzene rings is 1. The number of ether oxygens (including phenoxy) is 2. The lowest BCUT2D eigenvalue weighted by molar-refractivity contribution is 0.0558. The lowest BCUT2D eigenvalue weighted by Crippen LogP contribution is -2.38. The lowest BCUT2D eigenvalue weighted by Gasteiger charge is -2.17. The number of carbonyl (C=O) groups excluding carboxylic acids is 4. The van der Waals surface area contributed by atoms with E-state index in [4.69, 9.17) is 9.47 Å². The third-order valence-corrected chi connectivity index (χ3v) is 6.26. The van der Waals surface area contributed by atoms with Gasteiger partial charge in [-0.2, -0.15) is 0 Å². The number of cyclic esters (lactones) is 2. The van der Waals surface area contributed by atoms with Crippen LogP contribution in [-0.4, -0.2) is 66.1 Å². The van der Waals surface area contributed by atoms with Crippen LogP contribution in [0.3, 0.4) is 0 Å². The zero-order valence-electron chi connectivity index (χ0n) is 15.8. The molecule has 1 aromatic heterocycles. The zero-order valence-corrected chi connectivity index (χ0v) is 16.6. The molecule has 30 heavy (non-hydrogen) atoms. The summed E-state index contributed by atoms with van der Waals surface area (Å²) in [4.78, 5) is 53.3. The van der Waals surface area contributed by atoms with Crippen molar-refractivity contribution in [2.45, 2.75) is 12.6 Å². The molecule has 2 fully saturated rings. The van der Waals surface area contributed by atoms with Crippen molar-refractivity contribution in [3.8, 4) is 0 Å². The van der Waals surface area contributed by atoms with Crippen LogP contribution in [0.25, 0.3) is 0 Å². The maximum atomic E-state index is 12.5. The molecule has 4 heterocycles. The van der Waals surface area contributed by atoms with E-state index in [0.717, 1.165) is 10.5 Å². The predicted octanol–water partition coefficient (Wildman–Crippen LogP) is 2.32. The van der Waals surface area contributed by atoms with Crippen molar-refractivity contribution in [1.29, 1.82) is 0 Å². The number of hydrogen-bond acceptors (Lipinski definition) is 7. The second-order valence-electron chi connectivity index (χ2n) is 7.21. The third kappa shape index (κ3) is 3.09. The van der Waals surface area contributed by atoms with Gasteiger partial charge in [-0.05, 0) is 29.1 Å². The first-order chi connectivity index (χ1) is 14.5. The average Bonchev–Trinajstić information content (AvgIpc) is 3.49. The molecule has 1 atom stereocenters. The minimum absolute atomic E-state index is 0.00639. The standard InChI is InChI=1S/C20H17N3O6S/c24-17-14-3-1-2-4-15(14)18(25)23(17)10-13-9-22(20(27)29-13)16-7-12(11-30-16)8-21-5-6-28-19(21)26/h1-4,7,11,13H,5-6,8-10H2/t13-/m1/s1. The molecular weight excluding hydrogens is 410 g/mol. The Hall–Kier alpha value is -3.40. The van der Waals surface area contributed by atoms with Gasteiger partial charge in [-0.25, -0.2) is 9.59 Å². The SMILES string of the molecule is O=C1OCCN1Cc1csc(N2C[C@H](CN3C(=O)c4ccccc4C3=O)OC2=O)c1. The summed E-state index contributed by atoms with van der Waals surface area (Å²) < 4.78 is 10.3. The van der Waals surface area contributed by atoms with Crippen LogP contribution in [0.1, 0.15) is 26.3 Å². The highest BCUT2D eigenvalue weighted by Gasteiger charge is 2.41. The van der Waals surface area contributed by atoms with Crippen molar-refractivity contribution in [2.24, 2.45) is 0 Å². The molecule has 0 saturated carbocycles. The number of nitrogens with zero attached hydrogens (tertiary/aromatic N) is 3. The molecule has 9 nitrogen and oxygen atoms in total. The van der Waals surface area contributed by atoms with Crippen LogP contribution < -0.4 is 4.90 Å². The highest BCUT2D eigenvalue weighted by molar-refractivity contribution is 7.14. The smallest absolute Gasteiger partial charge is 0.415 e. The van der Waals surface area contributed by atoms with Crippen LogP contribution in [0.2, 0.25) is 0 Å². The molecule has 1 aromatic carbocycles. The van der Waals surface area contributed by atoms with Gasteiger partial charge in [-0.15, -0.1) is 11.3 Å².